The van der Waals surface area contributed by atoms with Crippen LogP contribution in [0.25, 0.3) is 0 Å². The van der Waals surface area contributed by atoms with Gasteiger partial charge in [0.25, 0.3) is 5.91 Å². The summed E-state index contributed by atoms with van der Waals surface area (Å²) in [6.45, 7) is 0.507. The highest BCUT2D eigenvalue weighted by Crippen LogP contribution is 2.41. The molecule has 0 aromatic heterocycles. The van der Waals surface area contributed by atoms with Crippen molar-refractivity contribution in [3.8, 4) is 0 Å². The summed E-state index contributed by atoms with van der Waals surface area (Å²) in [5.41, 5.74) is -1.76. The van der Waals surface area contributed by atoms with Crippen LogP contribution in [-0.2, 0) is 17.9 Å². The molecule has 2 atom stereocenters. The molecular formula is C17H18ClF3N2O4. The van der Waals surface area contributed by atoms with Crippen molar-refractivity contribution in [1.29, 1.82) is 0 Å². The largest absolute Gasteiger partial charge is 0.465 e. The zero-order valence-electron chi connectivity index (χ0n) is 14.4. The number of alkyl halides is 3. The molecule has 1 aromatic rings. The maximum Gasteiger partial charge on any atom is 0.426 e. The molecular weight excluding hydrogens is 389 g/mol. The third-order valence-electron chi connectivity index (χ3n) is 5.16. The quantitative estimate of drug-likeness (QED) is 0.789. The SMILES string of the molecule is C[C@](O)(C(=O)N1Cc2cc(Cl)cc([C@@H]3CCCN3C(=O)O)c2C1)C(F)(F)F. The van der Waals surface area contributed by atoms with Crippen molar-refractivity contribution < 1.29 is 33.0 Å². The fourth-order valence-electron chi connectivity index (χ4n) is 3.69. The Hall–Kier alpha value is -2.00. The highest BCUT2D eigenvalue weighted by molar-refractivity contribution is 6.30. The Labute approximate surface area is 158 Å². The lowest BCUT2D eigenvalue weighted by Crippen LogP contribution is -2.54. The van der Waals surface area contributed by atoms with Gasteiger partial charge in [0.2, 0.25) is 5.60 Å². The molecule has 1 aromatic carbocycles. The predicted octanol–water partition coefficient (Wildman–Crippen LogP) is 3.31. The van der Waals surface area contributed by atoms with Crippen LogP contribution in [0.1, 0.15) is 42.5 Å². The van der Waals surface area contributed by atoms with E-state index >= 15 is 0 Å². The van der Waals surface area contributed by atoms with E-state index in [0.29, 0.717) is 48.0 Å². The number of carbonyl (C=O) groups excluding carboxylic acids is 1. The van der Waals surface area contributed by atoms with Crippen LogP contribution >= 0.6 is 11.6 Å². The topological polar surface area (TPSA) is 81.1 Å². The van der Waals surface area contributed by atoms with E-state index < -0.39 is 29.8 Å². The minimum atomic E-state index is -5.11. The van der Waals surface area contributed by atoms with Crippen LogP contribution in [0, 0.1) is 0 Å². The molecule has 0 saturated carbocycles. The van der Waals surface area contributed by atoms with Gasteiger partial charge < -0.3 is 20.0 Å². The molecule has 0 spiro atoms. The van der Waals surface area contributed by atoms with Gasteiger partial charge >= 0.3 is 12.3 Å². The number of aliphatic hydroxyl groups is 1. The van der Waals surface area contributed by atoms with Gasteiger partial charge in [0.1, 0.15) is 0 Å². The number of rotatable bonds is 2. The van der Waals surface area contributed by atoms with Crippen LogP contribution in [-0.4, -0.2) is 50.3 Å². The lowest BCUT2D eigenvalue weighted by Gasteiger charge is -2.29. The Kier molecular flexibility index (Phi) is 4.80. The molecule has 2 aliphatic heterocycles. The van der Waals surface area contributed by atoms with Gasteiger partial charge in [-0.1, -0.05) is 11.6 Å². The Bertz CT molecular complexity index is 797. The molecule has 2 amide bonds. The molecule has 0 bridgehead atoms. The molecule has 148 valence electrons. The maximum absolute atomic E-state index is 13.0. The van der Waals surface area contributed by atoms with Crippen LogP contribution in [0.4, 0.5) is 18.0 Å². The summed E-state index contributed by atoms with van der Waals surface area (Å²) in [5, 5.41) is 19.4. The average molecular weight is 407 g/mol. The average Bonchev–Trinajstić information content (AvgIpc) is 3.18. The van der Waals surface area contributed by atoms with Crippen molar-refractivity contribution in [3.63, 3.8) is 0 Å². The monoisotopic (exact) mass is 406 g/mol. The summed E-state index contributed by atoms with van der Waals surface area (Å²) < 4.78 is 39.0. The predicted molar refractivity (Wildman–Crippen MR) is 89.1 cm³/mol. The zero-order chi connectivity index (χ0) is 20.1. The summed E-state index contributed by atoms with van der Waals surface area (Å²) in [5.74, 6) is -1.45. The Morgan fingerprint density at radius 3 is 2.52 bits per heavy atom. The lowest BCUT2D eigenvalue weighted by atomic mass is 9.96. The Morgan fingerprint density at radius 1 is 1.26 bits per heavy atom. The number of carboxylic acid groups (broad SMARTS) is 1. The van der Waals surface area contributed by atoms with Gasteiger partial charge in [-0.3, -0.25) is 4.79 Å². The molecule has 10 heteroatoms. The third kappa shape index (κ3) is 3.34. The fraction of sp³-hybridized carbons (Fsp3) is 0.529. The van der Waals surface area contributed by atoms with Gasteiger partial charge in [0.05, 0.1) is 6.04 Å². The van der Waals surface area contributed by atoms with Gasteiger partial charge in [-0.05, 0) is 48.6 Å². The fourth-order valence-corrected chi connectivity index (χ4v) is 3.94. The van der Waals surface area contributed by atoms with E-state index in [1.165, 1.54) is 4.90 Å². The van der Waals surface area contributed by atoms with Crippen LogP contribution in [0.3, 0.4) is 0 Å². The van der Waals surface area contributed by atoms with E-state index in [4.69, 9.17) is 11.6 Å². The number of halogens is 4. The first kappa shape index (κ1) is 19.8. The van der Waals surface area contributed by atoms with Crippen molar-refractivity contribution in [1.82, 2.24) is 9.80 Å². The standard InChI is InChI=1S/C17H18ClF3N2O4/c1-16(27,17(19,20)21)14(24)22-7-9-5-10(18)6-11(12(9)8-22)13-3-2-4-23(13)15(25)26/h5-6,13,27H,2-4,7-8H2,1H3,(H,25,26)/t13-,16-/m0/s1. The van der Waals surface area contributed by atoms with Gasteiger partial charge in [-0.2, -0.15) is 13.2 Å². The summed E-state index contributed by atoms with van der Waals surface area (Å²) in [7, 11) is 0. The Balaban J connectivity index is 1.94. The highest BCUT2D eigenvalue weighted by Gasteiger charge is 2.57. The molecule has 0 aliphatic carbocycles. The van der Waals surface area contributed by atoms with Gasteiger partial charge in [-0.25, -0.2) is 4.79 Å². The first-order valence-electron chi connectivity index (χ1n) is 8.32. The number of benzene rings is 1. The molecule has 27 heavy (non-hydrogen) atoms. The van der Waals surface area contributed by atoms with E-state index in [1.807, 2.05) is 0 Å². The van der Waals surface area contributed by atoms with Crippen molar-refractivity contribution >= 4 is 23.6 Å². The summed E-state index contributed by atoms with van der Waals surface area (Å²) in [4.78, 5) is 25.9. The molecule has 6 nitrogen and oxygen atoms in total. The van der Waals surface area contributed by atoms with Crippen LogP contribution in [0.5, 0.6) is 0 Å². The lowest BCUT2D eigenvalue weighted by molar-refractivity contribution is -0.250. The van der Waals surface area contributed by atoms with Crippen molar-refractivity contribution in [2.45, 2.75) is 50.7 Å². The summed E-state index contributed by atoms with van der Waals surface area (Å²) in [6, 6.07) is 2.69. The number of nitrogens with zero attached hydrogens (tertiary/aromatic N) is 2. The van der Waals surface area contributed by atoms with Gasteiger partial charge in [-0.15, -0.1) is 0 Å². The van der Waals surface area contributed by atoms with Crippen molar-refractivity contribution in [2.24, 2.45) is 0 Å². The van der Waals surface area contributed by atoms with Crippen molar-refractivity contribution in [2.75, 3.05) is 6.54 Å². The van der Waals surface area contributed by atoms with E-state index in [2.05, 4.69) is 0 Å². The minimum Gasteiger partial charge on any atom is -0.465 e. The second-order valence-corrected chi connectivity index (χ2v) is 7.43. The number of likely N-dealkylation sites (tertiary alicyclic amines) is 1. The normalized spacial score (nSPS) is 21.9. The molecule has 1 fully saturated rings. The molecule has 1 saturated heterocycles. The highest BCUT2D eigenvalue weighted by atomic mass is 35.5. The zero-order valence-corrected chi connectivity index (χ0v) is 15.1. The molecule has 3 rings (SSSR count). The molecule has 0 radical (unpaired) electrons. The van der Waals surface area contributed by atoms with E-state index in [9.17, 15) is 33.0 Å². The summed E-state index contributed by atoms with van der Waals surface area (Å²) >= 11 is 6.13. The van der Waals surface area contributed by atoms with E-state index in [-0.39, 0.29) is 13.1 Å². The number of amides is 2. The van der Waals surface area contributed by atoms with Crippen LogP contribution < -0.4 is 0 Å². The number of hydrogen-bond acceptors (Lipinski definition) is 3. The second kappa shape index (κ2) is 6.56. The first-order valence-corrected chi connectivity index (χ1v) is 8.70. The van der Waals surface area contributed by atoms with E-state index in [1.54, 1.807) is 12.1 Å². The molecule has 2 N–H and O–H groups in total. The Morgan fingerprint density at radius 2 is 1.93 bits per heavy atom. The molecule has 2 heterocycles. The number of fused-ring (bicyclic) bond motifs is 1. The first-order chi connectivity index (χ1) is 12.4. The third-order valence-corrected chi connectivity index (χ3v) is 5.38. The second-order valence-electron chi connectivity index (χ2n) is 7.00. The van der Waals surface area contributed by atoms with Crippen molar-refractivity contribution in [3.05, 3.63) is 33.8 Å². The molecule has 2 aliphatic rings. The summed E-state index contributed by atoms with van der Waals surface area (Å²) in [6.07, 6.45) is -4.97. The number of carbonyl (C=O) groups is 2. The van der Waals surface area contributed by atoms with Crippen LogP contribution in [0.15, 0.2) is 12.1 Å². The minimum absolute atomic E-state index is 0.131. The smallest absolute Gasteiger partial charge is 0.426 e. The van der Waals surface area contributed by atoms with Gasteiger partial charge in [0, 0.05) is 24.7 Å². The van der Waals surface area contributed by atoms with Crippen LogP contribution in [0.2, 0.25) is 5.02 Å². The number of hydrogen-bond donors (Lipinski definition) is 2. The van der Waals surface area contributed by atoms with E-state index in [0.717, 1.165) is 4.90 Å². The molecule has 0 unspecified atom stereocenters. The van der Waals surface area contributed by atoms with Gasteiger partial charge in [0.15, 0.2) is 0 Å². The maximum atomic E-state index is 13.0.